The third kappa shape index (κ3) is 8.39. The molecule has 0 aromatic heterocycles. The fourth-order valence-electron chi connectivity index (χ4n) is 5.82. The molecule has 0 aliphatic carbocycles. The number of carbonyl (C=O) groups excluding carboxylic acids is 2. The predicted octanol–water partition coefficient (Wildman–Crippen LogP) is 1.44. The molecule has 2 amide bonds. The second kappa shape index (κ2) is 14.7. The lowest BCUT2D eigenvalue weighted by Crippen LogP contribution is -2.59. The summed E-state index contributed by atoms with van der Waals surface area (Å²) in [5.74, 6) is -0.175. The topological polar surface area (TPSA) is 146 Å². The van der Waals surface area contributed by atoms with Crippen LogP contribution in [0, 0.1) is 6.92 Å². The van der Waals surface area contributed by atoms with Gasteiger partial charge in [-0.1, -0.05) is 42.5 Å². The molecule has 0 spiro atoms. The molecule has 2 heterocycles. The molecule has 0 radical (unpaired) electrons. The van der Waals surface area contributed by atoms with Gasteiger partial charge in [0.2, 0.25) is 17.3 Å². The molecule has 0 saturated carbocycles. The number of hydrogen-bond acceptors (Lipinski definition) is 8. The molecule has 6 atom stereocenters. The van der Waals surface area contributed by atoms with Crippen molar-refractivity contribution in [3.8, 4) is 0 Å². The van der Waals surface area contributed by atoms with Gasteiger partial charge in [-0.05, 0) is 86.1 Å². The second-order valence-corrected chi connectivity index (χ2v) is 14.2. The Morgan fingerprint density at radius 2 is 1.64 bits per heavy atom. The van der Waals surface area contributed by atoms with Crippen LogP contribution in [0.2, 0.25) is 0 Å². The average Bonchev–Trinajstić information content (AvgIpc) is 2.98. The number of aliphatic hydroxyl groups excluding tert-OH is 3. The first kappa shape index (κ1) is 34.4. The number of nitrogens with zero attached hydrogens (tertiary/aromatic N) is 2. The summed E-state index contributed by atoms with van der Waals surface area (Å²) in [4.78, 5) is 29.6. The highest BCUT2D eigenvalue weighted by atomic mass is 32.2. The van der Waals surface area contributed by atoms with E-state index < -0.39 is 46.6 Å². The Hall–Kier alpha value is -2.51. The van der Waals surface area contributed by atoms with E-state index in [1.165, 1.54) is 6.26 Å². The van der Waals surface area contributed by atoms with Crippen LogP contribution in [-0.4, -0.2) is 110 Å². The smallest absolute Gasteiger partial charge is 0.247 e. The van der Waals surface area contributed by atoms with Crippen LogP contribution in [0.1, 0.15) is 60.6 Å². The summed E-state index contributed by atoms with van der Waals surface area (Å²) in [5.41, 5.74) is 2.88. The van der Waals surface area contributed by atoms with Crippen molar-refractivity contribution in [3.05, 3.63) is 70.3 Å². The van der Waals surface area contributed by atoms with Crippen molar-refractivity contribution >= 4 is 23.0 Å². The summed E-state index contributed by atoms with van der Waals surface area (Å²) in [6.45, 7) is 8.55. The lowest BCUT2D eigenvalue weighted by atomic mass is 9.91. The molecule has 4 rings (SSSR count). The number of piperazine rings is 1. The van der Waals surface area contributed by atoms with Crippen LogP contribution in [0.4, 0.5) is 0 Å². The molecule has 0 bridgehead atoms. The molecule has 2 aromatic rings. The minimum atomic E-state index is -1.55. The van der Waals surface area contributed by atoms with Crippen molar-refractivity contribution in [3.63, 3.8) is 0 Å². The molecular formula is C33H47N3O7S. The fourth-order valence-corrected chi connectivity index (χ4v) is 6.65. The Kier molecular flexibility index (Phi) is 11.5. The molecule has 2 aromatic carbocycles. The fraction of sp³-hybridized carbons (Fsp3) is 0.576. The third-order valence-electron chi connectivity index (χ3n) is 8.66. The summed E-state index contributed by atoms with van der Waals surface area (Å²) in [6.07, 6.45) is -1.42. The van der Waals surface area contributed by atoms with Gasteiger partial charge in [-0.2, -0.15) is 0 Å². The van der Waals surface area contributed by atoms with Gasteiger partial charge in [-0.25, -0.2) is 0 Å². The van der Waals surface area contributed by atoms with Crippen molar-refractivity contribution < 1.29 is 34.2 Å². The van der Waals surface area contributed by atoms with Crippen LogP contribution in [0.15, 0.2) is 42.5 Å². The molecular weight excluding hydrogens is 582 g/mol. The zero-order valence-corrected chi connectivity index (χ0v) is 27.2. The number of likely N-dealkylation sites (N-methyl/N-ethyl adjacent to an activating group) is 1. The number of ether oxygens (including phenoxy) is 1. The van der Waals surface area contributed by atoms with Gasteiger partial charge in [0, 0.05) is 32.6 Å². The van der Waals surface area contributed by atoms with Crippen LogP contribution in [0.3, 0.4) is 0 Å². The summed E-state index contributed by atoms with van der Waals surface area (Å²) >= 11 is -1.55. The van der Waals surface area contributed by atoms with Crippen LogP contribution < -0.4 is 5.32 Å². The maximum Gasteiger partial charge on any atom is 0.247 e. The van der Waals surface area contributed by atoms with Gasteiger partial charge < -0.3 is 39.7 Å². The standard InChI is InChI=1S/C33H47N3O7S/c1-21-9-14-24(30-28(39)27(38)29(40)31(43-30)44(5)42)20-25(21)19-23-12-10-22(11-13-23)7-6-8-26(37)34-33(2,3)32(41)36-17-15-35(4)16-18-36/h9-14,20,27-31,38-40H,6-8,15-19H2,1-5H3,(H,34,37)/t27-,28-,29+,30+,31-,44?/m1/s1. The molecule has 242 valence electrons. The normalized spacial score (nSPS) is 25.5. The van der Waals surface area contributed by atoms with E-state index in [0.29, 0.717) is 37.9 Å². The average molecular weight is 630 g/mol. The summed E-state index contributed by atoms with van der Waals surface area (Å²) in [5, 5.41) is 34.1. The predicted molar refractivity (Wildman–Crippen MR) is 169 cm³/mol. The van der Waals surface area contributed by atoms with Crippen molar-refractivity contribution in [1.82, 2.24) is 15.1 Å². The Bertz CT molecular complexity index is 1280. The molecule has 10 nitrogen and oxygen atoms in total. The van der Waals surface area contributed by atoms with Gasteiger partial charge in [0.05, 0.1) is 6.26 Å². The SMILES string of the molecule is Cc1ccc([C@@H]2O[C@H]([S+](C)[O-])[C@@H](O)[C@H](O)[C@H]2O)cc1Cc1ccc(CCCC(=O)NC(C)(C)C(=O)N2CCN(C)CC2)cc1. The van der Waals surface area contributed by atoms with Crippen LogP contribution in [-0.2, 0) is 38.3 Å². The zero-order valence-electron chi connectivity index (χ0n) is 26.4. The number of amides is 2. The summed E-state index contributed by atoms with van der Waals surface area (Å²) < 4.78 is 17.9. The number of nitrogens with one attached hydrogen (secondary N) is 1. The van der Waals surface area contributed by atoms with Gasteiger partial charge >= 0.3 is 0 Å². The number of hydrogen-bond donors (Lipinski definition) is 4. The van der Waals surface area contributed by atoms with Crippen molar-refractivity contribution in [1.29, 1.82) is 0 Å². The van der Waals surface area contributed by atoms with Crippen molar-refractivity contribution in [2.75, 3.05) is 39.5 Å². The molecule has 1 unspecified atom stereocenters. The molecule has 4 N–H and O–H groups in total. The van der Waals surface area contributed by atoms with Crippen LogP contribution in [0.5, 0.6) is 0 Å². The van der Waals surface area contributed by atoms with E-state index in [1.54, 1.807) is 13.8 Å². The molecule has 2 saturated heterocycles. The molecule has 2 aliphatic rings. The zero-order chi connectivity index (χ0) is 32.2. The lowest BCUT2D eigenvalue weighted by Gasteiger charge is -2.40. The van der Waals surface area contributed by atoms with Gasteiger partial charge in [-0.15, -0.1) is 0 Å². The highest BCUT2D eigenvalue weighted by Crippen LogP contribution is 2.35. The first-order valence-electron chi connectivity index (χ1n) is 15.2. The number of benzene rings is 2. The molecule has 44 heavy (non-hydrogen) atoms. The molecule has 11 heteroatoms. The first-order valence-corrected chi connectivity index (χ1v) is 16.9. The van der Waals surface area contributed by atoms with Gasteiger partial charge in [0.15, 0.2) is 6.10 Å². The van der Waals surface area contributed by atoms with Gasteiger partial charge in [0.25, 0.3) is 0 Å². The Labute approximate surface area is 263 Å². The van der Waals surface area contributed by atoms with E-state index in [9.17, 15) is 29.5 Å². The third-order valence-corrected chi connectivity index (χ3v) is 9.71. The van der Waals surface area contributed by atoms with E-state index in [4.69, 9.17) is 4.74 Å². The Morgan fingerprint density at radius 3 is 2.27 bits per heavy atom. The maximum atomic E-state index is 13.0. The highest BCUT2D eigenvalue weighted by molar-refractivity contribution is 7.91. The van der Waals surface area contributed by atoms with Gasteiger partial charge in [-0.3, -0.25) is 9.59 Å². The number of aryl methyl sites for hydroxylation is 2. The van der Waals surface area contributed by atoms with E-state index >= 15 is 0 Å². The number of rotatable bonds is 10. The second-order valence-electron chi connectivity index (χ2n) is 12.7. The quantitative estimate of drug-likeness (QED) is 0.289. The first-order chi connectivity index (χ1) is 20.8. The van der Waals surface area contributed by atoms with E-state index in [1.807, 2.05) is 37.1 Å². The van der Waals surface area contributed by atoms with Crippen LogP contribution in [0.25, 0.3) is 0 Å². The van der Waals surface area contributed by atoms with E-state index in [0.717, 1.165) is 41.8 Å². The summed E-state index contributed by atoms with van der Waals surface area (Å²) in [6, 6.07) is 13.9. The van der Waals surface area contributed by atoms with Crippen LogP contribution >= 0.6 is 0 Å². The Morgan fingerprint density at radius 1 is 1.00 bits per heavy atom. The monoisotopic (exact) mass is 629 g/mol. The van der Waals surface area contributed by atoms with E-state index in [2.05, 4.69) is 34.5 Å². The maximum absolute atomic E-state index is 13.0. The number of aliphatic hydroxyl groups is 3. The highest BCUT2D eigenvalue weighted by Gasteiger charge is 2.48. The molecule has 2 fully saturated rings. The largest absolute Gasteiger partial charge is 0.614 e. The Balaban J connectivity index is 1.30. The number of carbonyl (C=O) groups is 2. The minimum Gasteiger partial charge on any atom is -0.614 e. The minimum absolute atomic E-state index is 0.0456. The molecule has 2 aliphatic heterocycles. The van der Waals surface area contributed by atoms with Crippen molar-refractivity contribution in [2.45, 2.75) is 81.8 Å². The van der Waals surface area contributed by atoms with Crippen molar-refractivity contribution in [2.24, 2.45) is 0 Å². The van der Waals surface area contributed by atoms with E-state index in [-0.39, 0.29) is 11.8 Å². The lowest BCUT2D eigenvalue weighted by molar-refractivity contribution is -0.202. The summed E-state index contributed by atoms with van der Waals surface area (Å²) in [7, 11) is 2.04. The van der Waals surface area contributed by atoms with Gasteiger partial charge in [0.1, 0.15) is 23.9 Å².